The van der Waals surface area contributed by atoms with Crippen molar-refractivity contribution in [1.82, 2.24) is 5.32 Å². The van der Waals surface area contributed by atoms with Gasteiger partial charge in [-0.25, -0.2) is 0 Å². The number of carbonyl (C=O) groups is 1. The molecule has 0 aromatic carbocycles. The Morgan fingerprint density at radius 3 is 2.00 bits per heavy atom. The van der Waals surface area contributed by atoms with E-state index in [1.54, 1.807) is 6.08 Å². The Morgan fingerprint density at radius 2 is 1.41 bits per heavy atom. The number of ether oxygens (including phenoxy) is 2. The summed E-state index contributed by atoms with van der Waals surface area (Å²) < 4.78 is 64.2. The summed E-state index contributed by atoms with van der Waals surface area (Å²) >= 11 is 0. The predicted molar refractivity (Wildman–Crippen MR) is 184 cm³/mol. The van der Waals surface area contributed by atoms with Crippen LogP contribution in [0.15, 0.2) is 12.2 Å². The third-order valence-corrected chi connectivity index (χ3v) is 8.65. The van der Waals surface area contributed by atoms with Gasteiger partial charge in [0.25, 0.3) is 0 Å². The van der Waals surface area contributed by atoms with Crippen molar-refractivity contribution in [1.29, 1.82) is 0 Å². The monoisotopic (exact) mass is 665 g/mol. The maximum absolute atomic E-state index is 12.8. The Labute approximate surface area is 290 Å². The number of hydrogen-bond donors (Lipinski definition) is 6. The molecule has 1 rings (SSSR count). The van der Waals surface area contributed by atoms with E-state index in [1.165, 1.54) is 38.5 Å². The maximum Gasteiger partial charge on any atom is 0.220 e. The number of hydrogen-bond acceptors (Lipinski definition) is 8. The summed E-state index contributed by atoms with van der Waals surface area (Å²) in [4.78, 5) is 12.8. The van der Waals surface area contributed by atoms with Crippen LogP contribution in [0, 0.1) is 0 Å². The van der Waals surface area contributed by atoms with Crippen LogP contribution < -0.4 is 5.32 Å². The molecule has 7 atom stereocenters. The number of carbonyl (C=O) groups excluding carboxylic acids is 1. The van der Waals surface area contributed by atoms with Crippen molar-refractivity contribution in [2.45, 2.75) is 204 Å². The van der Waals surface area contributed by atoms with Gasteiger partial charge in [0.2, 0.25) is 5.91 Å². The van der Waals surface area contributed by atoms with E-state index < -0.39 is 69.1 Å². The van der Waals surface area contributed by atoms with Gasteiger partial charge in [0, 0.05) is 16.0 Å². The zero-order valence-electron chi connectivity index (χ0n) is 35.4. The van der Waals surface area contributed by atoms with Gasteiger partial charge >= 0.3 is 0 Å². The first-order chi connectivity index (χ1) is 25.0. The van der Waals surface area contributed by atoms with E-state index in [1.807, 2.05) is 6.08 Å². The SMILES string of the molecule is [2H]C([2H])([2H])C([2H])([2H])C([2H])([2H])CCCCCCCCCC/C=C/[C@@H](O)[C@H](CO[C@@H]1O[C@H](CO)[C@H](O)[C@H](O)[C@H]1O)NC(=O)CCCCCCCCCCCC. The molecule has 0 saturated carbocycles. The lowest BCUT2D eigenvalue weighted by Gasteiger charge is -2.40. The Hall–Kier alpha value is -1.07. The van der Waals surface area contributed by atoms with Gasteiger partial charge in [-0.2, -0.15) is 0 Å². The van der Waals surface area contributed by atoms with E-state index >= 15 is 0 Å². The topological polar surface area (TPSA) is 149 Å². The number of aliphatic hydroxyl groups is 5. The van der Waals surface area contributed by atoms with Crippen molar-refractivity contribution in [3.05, 3.63) is 12.2 Å². The molecule has 0 bridgehead atoms. The van der Waals surface area contributed by atoms with Crippen molar-refractivity contribution in [2.75, 3.05) is 13.2 Å². The first-order valence-corrected chi connectivity index (χ1v) is 18.1. The minimum absolute atomic E-state index is 0.139. The average molecular weight is 665 g/mol. The van der Waals surface area contributed by atoms with E-state index in [2.05, 4.69) is 12.2 Å². The minimum atomic E-state index is -3.01. The highest BCUT2D eigenvalue weighted by atomic mass is 16.7. The van der Waals surface area contributed by atoms with Gasteiger partial charge in [-0.3, -0.25) is 4.79 Å². The molecule has 1 aliphatic heterocycles. The van der Waals surface area contributed by atoms with Gasteiger partial charge in [0.1, 0.15) is 24.4 Å². The average Bonchev–Trinajstić information content (AvgIpc) is 3.10. The smallest absolute Gasteiger partial charge is 0.220 e. The molecule has 272 valence electrons. The van der Waals surface area contributed by atoms with Gasteiger partial charge in [-0.1, -0.05) is 148 Å². The largest absolute Gasteiger partial charge is 0.394 e. The van der Waals surface area contributed by atoms with Crippen molar-refractivity contribution in [3.8, 4) is 0 Å². The van der Waals surface area contributed by atoms with E-state index in [9.17, 15) is 30.3 Å². The van der Waals surface area contributed by atoms with Crippen LogP contribution in [0.1, 0.15) is 171 Å². The molecule has 0 aromatic rings. The van der Waals surface area contributed by atoms with E-state index in [0.717, 1.165) is 64.2 Å². The highest BCUT2D eigenvalue weighted by molar-refractivity contribution is 5.76. The van der Waals surface area contributed by atoms with E-state index in [0.29, 0.717) is 25.7 Å². The standard InChI is InChI=1S/C37H71NO8/c1-3-5-7-9-11-13-15-16-17-18-20-22-24-26-31(40)30(29-45-37-36(44)35(43)34(42)32(28-39)46-37)38-33(41)27-25-23-21-19-14-12-10-8-6-4-2/h24,26,30-32,34-37,39-40,42-44H,3-23,25,27-29H2,1-2H3,(H,38,41)/b26-24+/t30-,31+,32+,34-,35-,36+,37+/m0/s1/i1D3,3D2,5D2. The Bertz CT molecular complexity index is 989. The fourth-order valence-corrected chi connectivity index (χ4v) is 5.65. The molecule has 1 amide bonds. The summed E-state index contributed by atoms with van der Waals surface area (Å²) in [7, 11) is 0. The molecule has 0 aromatic heterocycles. The first kappa shape index (κ1) is 32.2. The molecule has 0 radical (unpaired) electrons. The first-order valence-electron chi connectivity index (χ1n) is 21.6. The molecule has 0 unspecified atom stereocenters. The van der Waals surface area contributed by atoms with E-state index in [-0.39, 0.29) is 18.9 Å². The summed E-state index contributed by atoms with van der Waals surface area (Å²) in [5, 5.41) is 53.8. The summed E-state index contributed by atoms with van der Waals surface area (Å²) in [6.07, 6.45) is 8.71. The summed E-state index contributed by atoms with van der Waals surface area (Å²) in [5.74, 6) is -0.241. The molecule has 0 aliphatic carbocycles. The lowest BCUT2D eigenvalue weighted by atomic mass is 9.99. The lowest BCUT2D eigenvalue weighted by molar-refractivity contribution is -0.302. The Morgan fingerprint density at radius 1 is 0.848 bits per heavy atom. The molecule has 9 heteroatoms. The van der Waals surface area contributed by atoms with Crippen molar-refractivity contribution < 1.29 is 49.4 Å². The van der Waals surface area contributed by atoms with Crippen molar-refractivity contribution in [2.24, 2.45) is 0 Å². The van der Waals surface area contributed by atoms with Crippen LogP contribution in [0.5, 0.6) is 0 Å². The molecule has 1 fully saturated rings. The number of nitrogens with one attached hydrogen (secondary N) is 1. The second-order valence-corrected chi connectivity index (χ2v) is 12.7. The fourth-order valence-electron chi connectivity index (χ4n) is 5.65. The van der Waals surface area contributed by atoms with Crippen LogP contribution in [0.25, 0.3) is 0 Å². The quantitative estimate of drug-likeness (QED) is 0.0392. The van der Waals surface area contributed by atoms with Crippen molar-refractivity contribution >= 4 is 5.91 Å². The molecule has 0 spiro atoms. The Kier molecular flexibility index (Phi) is 20.2. The fraction of sp³-hybridized carbons (Fsp3) is 0.919. The third kappa shape index (κ3) is 20.3. The molecule has 1 heterocycles. The molecule has 46 heavy (non-hydrogen) atoms. The Balaban J connectivity index is 2.48. The van der Waals surface area contributed by atoms with Gasteiger partial charge in [-0.05, 0) is 19.3 Å². The summed E-state index contributed by atoms with van der Waals surface area (Å²) in [6, 6.07) is -0.878. The molecule has 1 saturated heterocycles. The van der Waals surface area contributed by atoms with Gasteiger partial charge < -0.3 is 40.3 Å². The zero-order valence-corrected chi connectivity index (χ0v) is 28.4. The lowest BCUT2D eigenvalue weighted by Crippen LogP contribution is -2.60. The second kappa shape index (κ2) is 28.9. The molecule has 9 nitrogen and oxygen atoms in total. The number of allylic oxidation sites excluding steroid dienone is 1. The number of unbranched alkanes of at least 4 members (excludes halogenated alkanes) is 17. The van der Waals surface area contributed by atoms with Crippen LogP contribution in [-0.2, 0) is 14.3 Å². The maximum atomic E-state index is 12.8. The molecule has 6 N–H and O–H groups in total. The summed E-state index contributed by atoms with van der Waals surface area (Å²) in [5.41, 5.74) is 0. The highest BCUT2D eigenvalue weighted by Gasteiger charge is 2.44. The number of amides is 1. The van der Waals surface area contributed by atoms with Crippen LogP contribution in [0.2, 0.25) is 0 Å². The molecular weight excluding hydrogens is 586 g/mol. The normalized spacial score (nSPS) is 26.3. The van der Waals surface area contributed by atoms with Gasteiger partial charge in [-0.15, -0.1) is 0 Å². The van der Waals surface area contributed by atoms with Crippen LogP contribution in [0.4, 0.5) is 0 Å². The predicted octanol–water partition coefficient (Wildman–Crippen LogP) is 6.22. The molecule has 1 aliphatic rings. The van der Waals surface area contributed by atoms with Gasteiger partial charge in [0.15, 0.2) is 6.29 Å². The second-order valence-electron chi connectivity index (χ2n) is 12.7. The van der Waals surface area contributed by atoms with Crippen LogP contribution in [-0.4, -0.2) is 87.5 Å². The summed E-state index contributed by atoms with van der Waals surface area (Å²) in [6.45, 7) is -1.67. The number of rotatable bonds is 30. The van der Waals surface area contributed by atoms with Crippen LogP contribution in [0.3, 0.4) is 0 Å². The third-order valence-electron chi connectivity index (χ3n) is 8.65. The highest BCUT2D eigenvalue weighted by Crippen LogP contribution is 2.22. The van der Waals surface area contributed by atoms with Crippen LogP contribution >= 0.6 is 0 Å². The van der Waals surface area contributed by atoms with E-state index in [4.69, 9.17) is 19.1 Å². The van der Waals surface area contributed by atoms with Crippen molar-refractivity contribution in [3.63, 3.8) is 0 Å². The minimum Gasteiger partial charge on any atom is -0.394 e. The number of aliphatic hydroxyl groups excluding tert-OH is 5. The zero-order chi connectivity index (χ0) is 39.9. The van der Waals surface area contributed by atoms with Gasteiger partial charge in [0.05, 0.1) is 25.4 Å². The molecular formula is C37H71NO8.